The van der Waals surface area contributed by atoms with E-state index in [2.05, 4.69) is 12.1 Å². The molecule has 92 valence electrons. The smallest absolute Gasteiger partial charge is 0.0991 e. The molecule has 0 fully saturated rings. The van der Waals surface area contributed by atoms with E-state index >= 15 is 0 Å². The van der Waals surface area contributed by atoms with Crippen molar-refractivity contribution >= 4 is 0 Å². The van der Waals surface area contributed by atoms with Gasteiger partial charge in [0.05, 0.1) is 23.3 Å². The Labute approximate surface area is 113 Å². The molecule has 0 atom stereocenters. The largest absolute Gasteiger partial charge is 0.192 e. The summed E-state index contributed by atoms with van der Waals surface area (Å²) in [5.74, 6) is 0. The van der Waals surface area contributed by atoms with Gasteiger partial charge in [0, 0.05) is 0 Å². The van der Waals surface area contributed by atoms with E-state index in [1.54, 1.807) is 0 Å². The molecule has 0 N–H and O–H groups in total. The van der Waals surface area contributed by atoms with Crippen LogP contribution in [0.1, 0.15) is 33.4 Å². The average molecular weight is 246 g/mol. The maximum Gasteiger partial charge on any atom is 0.0991 e. The molecule has 2 aromatic carbocycles. The fraction of sp³-hybridized carbons (Fsp3) is 0.176. The van der Waals surface area contributed by atoms with Gasteiger partial charge in [0.15, 0.2) is 0 Å². The lowest BCUT2D eigenvalue weighted by Gasteiger charge is -2.09. The Kier molecular flexibility index (Phi) is 3.64. The standard InChI is InChI=1S/C17H14N2/c1-12-7-14(10-18)3-5-16(12)9-17-6-4-15(11-19)8-13(17)2/h3-8H,9H2,1-2H3. The van der Waals surface area contributed by atoms with Crippen molar-refractivity contribution in [3.63, 3.8) is 0 Å². The quantitative estimate of drug-likeness (QED) is 0.812. The second kappa shape index (κ2) is 5.38. The molecule has 0 amide bonds. The van der Waals surface area contributed by atoms with E-state index in [4.69, 9.17) is 10.5 Å². The highest BCUT2D eigenvalue weighted by molar-refractivity contribution is 5.43. The third-order valence-electron chi connectivity index (χ3n) is 3.32. The molecule has 0 saturated carbocycles. The van der Waals surface area contributed by atoms with Crippen LogP contribution in [0, 0.1) is 36.5 Å². The molecule has 2 aromatic rings. The van der Waals surface area contributed by atoms with Crippen LogP contribution in [0.2, 0.25) is 0 Å². The summed E-state index contributed by atoms with van der Waals surface area (Å²) in [5.41, 5.74) is 6.07. The van der Waals surface area contributed by atoms with E-state index in [0.717, 1.165) is 17.5 Å². The first-order chi connectivity index (χ1) is 9.13. The summed E-state index contributed by atoms with van der Waals surface area (Å²) >= 11 is 0. The number of aryl methyl sites for hydroxylation is 2. The van der Waals surface area contributed by atoms with Gasteiger partial charge < -0.3 is 0 Å². The Hall–Kier alpha value is -2.58. The van der Waals surface area contributed by atoms with Gasteiger partial charge in [-0.2, -0.15) is 10.5 Å². The minimum atomic E-state index is 0.692. The van der Waals surface area contributed by atoms with Crippen molar-refractivity contribution in [1.82, 2.24) is 0 Å². The molecule has 0 heterocycles. The van der Waals surface area contributed by atoms with Gasteiger partial charge in [-0.15, -0.1) is 0 Å². The van der Waals surface area contributed by atoms with Gasteiger partial charge in [-0.1, -0.05) is 12.1 Å². The molecule has 0 aliphatic carbocycles. The summed E-state index contributed by atoms with van der Waals surface area (Å²) in [4.78, 5) is 0. The third-order valence-corrected chi connectivity index (χ3v) is 3.32. The van der Waals surface area contributed by atoms with Crippen LogP contribution in [-0.2, 0) is 6.42 Å². The first-order valence-electron chi connectivity index (χ1n) is 6.13. The lowest BCUT2D eigenvalue weighted by molar-refractivity contribution is 1.12. The molecular weight excluding hydrogens is 232 g/mol. The Morgan fingerprint density at radius 2 is 1.21 bits per heavy atom. The van der Waals surface area contributed by atoms with E-state index < -0.39 is 0 Å². The van der Waals surface area contributed by atoms with Gasteiger partial charge >= 0.3 is 0 Å². The number of rotatable bonds is 2. The molecule has 2 rings (SSSR count). The maximum absolute atomic E-state index is 8.86. The summed E-state index contributed by atoms with van der Waals surface area (Å²) in [6.07, 6.45) is 0.828. The Balaban J connectivity index is 2.32. The summed E-state index contributed by atoms with van der Waals surface area (Å²) in [7, 11) is 0. The van der Waals surface area contributed by atoms with Crippen LogP contribution in [0.4, 0.5) is 0 Å². The van der Waals surface area contributed by atoms with Crippen LogP contribution in [0.25, 0.3) is 0 Å². The monoisotopic (exact) mass is 246 g/mol. The van der Waals surface area contributed by atoms with Crippen molar-refractivity contribution in [2.45, 2.75) is 20.3 Å². The second-order valence-electron chi connectivity index (χ2n) is 4.68. The third kappa shape index (κ3) is 2.81. The summed E-state index contributed by atoms with van der Waals surface area (Å²) in [5, 5.41) is 17.7. The van der Waals surface area contributed by atoms with Gasteiger partial charge in [-0.25, -0.2) is 0 Å². The van der Waals surface area contributed by atoms with Gasteiger partial charge in [-0.05, 0) is 66.8 Å². The van der Waals surface area contributed by atoms with Gasteiger partial charge in [0.1, 0.15) is 0 Å². The van der Waals surface area contributed by atoms with E-state index in [0.29, 0.717) is 11.1 Å². The molecule has 2 heteroatoms. The van der Waals surface area contributed by atoms with Crippen molar-refractivity contribution < 1.29 is 0 Å². The zero-order valence-electron chi connectivity index (χ0n) is 11.1. The molecule has 19 heavy (non-hydrogen) atoms. The van der Waals surface area contributed by atoms with Crippen LogP contribution < -0.4 is 0 Å². The van der Waals surface area contributed by atoms with Crippen molar-refractivity contribution in [1.29, 1.82) is 10.5 Å². The van der Waals surface area contributed by atoms with Crippen LogP contribution in [0.5, 0.6) is 0 Å². The summed E-state index contributed by atoms with van der Waals surface area (Å²) in [6, 6.07) is 15.8. The topological polar surface area (TPSA) is 47.6 Å². The number of nitrogens with zero attached hydrogens (tertiary/aromatic N) is 2. The van der Waals surface area contributed by atoms with E-state index in [1.165, 1.54) is 11.1 Å². The molecule has 0 spiro atoms. The molecule has 0 radical (unpaired) electrons. The van der Waals surface area contributed by atoms with Crippen molar-refractivity contribution in [2.75, 3.05) is 0 Å². The molecule has 0 unspecified atom stereocenters. The first kappa shape index (κ1) is 12.9. The van der Waals surface area contributed by atoms with Crippen LogP contribution in [-0.4, -0.2) is 0 Å². The van der Waals surface area contributed by atoms with E-state index in [9.17, 15) is 0 Å². The lowest BCUT2D eigenvalue weighted by Crippen LogP contribution is -1.95. The van der Waals surface area contributed by atoms with Crippen molar-refractivity contribution in [3.8, 4) is 12.1 Å². The minimum Gasteiger partial charge on any atom is -0.192 e. The van der Waals surface area contributed by atoms with Crippen molar-refractivity contribution in [3.05, 3.63) is 69.8 Å². The molecule has 0 saturated heterocycles. The normalized spacial score (nSPS) is 9.68. The fourth-order valence-corrected chi connectivity index (χ4v) is 2.13. The van der Waals surface area contributed by atoms with E-state index in [-0.39, 0.29) is 0 Å². The van der Waals surface area contributed by atoms with Crippen LogP contribution in [0.3, 0.4) is 0 Å². The molecule has 2 nitrogen and oxygen atoms in total. The van der Waals surface area contributed by atoms with Crippen molar-refractivity contribution in [2.24, 2.45) is 0 Å². The first-order valence-corrected chi connectivity index (χ1v) is 6.13. The minimum absolute atomic E-state index is 0.692. The second-order valence-corrected chi connectivity index (χ2v) is 4.68. The highest BCUT2D eigenvalue weighted by atomic mass is 14.2. The number of hydrogen-bond donors (Lipinski definition) is 0. The predicted molar refractivity (Wildman–Crippen MR) is 74.6 cm³/mol. The van der Waals surface area contributed by atoms with Gasteiger partial charge in [0.25, 0.3) is 0 Å². The Morgan fingerprint density at radius 3 is 1.53 bits per heavy atom. The molecular formula is C17H14N2. The highest BCUT2D eigenvalue weighted by Gasteiger charge is 2.05. The highest BCUT2D eigenvalue weighted by Crippen LogP contribution is 2.19. The SMILES string of the molecule is Cc1cc(C#N)ccc1Cc1ccc(C#N)cc1C. The van der Waals surface area contributed by atoms with Crippen LogP contribution in [0.15, 0.2) is 36.4 Å². The maximum atomic E-state index is 8.86. The fourth-order valence-electron chi connectivity index (χ4n) is 2.13. The summed E-state index contributed by atoms with van der Waals surface area (Å²) in [6.45, 7) is 4.05. The number of benzene rings is 2. The Bertz CT molecular complexity index is 639. The van der Waals surface area contributed by atoms with E-state index in [1.807, 2.05) is 50.2 Å². The molecule has 0 aromatic heterocycles. The number of nitriles is 2. The van der Waals surface area contributed by atoms with Gasteiger partial charge in [0.2, 0.25) is 0 Å². The molecule has 0 aliphatic rings. The predicted octanol–water partition coefficient (Wildman–Crippen LogP) is 3.64. The number of hydrogen-bond acceptors (Lipinski definition) is 2. The average Bonchev–Trinajstić information content (AvgIpc) is 2.42. The zero-order valence-corrected chi connectivity index (χ0v) is 11.1. The Morgan fingerprint density at radius 1 is 0.789 bits per heavy atom. The molecule has 0 aliphatic heterocycles. The summed E-state index contributed by atoms with van der Waals surface area (Å²) < 4.78 is 0. The lowest BCUT2D eigenvalue weighted by atomic mass is 9.95. The molecule has 0 bridgehead atoms. The van der Waals surface area contributed by atoms with Crippen LogP contribution >= 0.6 is 0 Å². The zero-order chi connectivity index (χ0) is 13.8. The van der Waals surface area contributed by atoms with Gasteiger partial charge in [-0.3, -0.25) is 0 Å².